The predicted molar refractivity (Wildman–Crippen MR) is 94.3 cm³/mol. The third-order valence-corrected chi connectivity index (χ3v) is 6.92. The molecule has 2 fully saturated rings. The van der Waals surface area contributed by atoms with Gasteiger partial charge in [0, 0.05) is 5.92 Å². The highest BCUT2D eigenvalue weighted by atomic mass is 16.7. The molecule has 2 heterocycles. The molecule has 0 saturated carbocycles. The van der Waals surface area contributed by atoms with E-state index in [1.807, 2.05) is 0 Å². The number of hydrogen-bond acceptors (Lipinski definition) is 3. The van der Waals surface area contributed by atoms with Crippen molar-refractivity contribution in [1.29, 1.82) is 0 Å². The Labute approximate surface area is 143 Å². The van der Waals surface area contributed by atoms with E-state index in [2.05, 4.69) is 55.4 Å². The normalized spacial score (nSPS) is 51.7. The van der Waals surface area contributed by atoms with Crippen molar-refractivity contribution in [3.8, 4) is 0 Å². The largest absolute Gasteiger partial charge is 0.372 e. The summed E-state index contributed by atoms with van der Waals surface area (Å²) in [5.41, 5.74) is 0. The minimum atomic E-state index is -0.100. The van der Waals surface area contributed by atoms with Gasteiger partial charge >= 0.3 is 0 Å². The first-order chi connectivity index (χ1) is 10.8. The smallest absolute Gasteiger partial charge is 0.161 e. The van der Waals surface area contributed by atoms with Gasteiger partial charge in [0.25, 0.3) is 0 Å². The van der Waals surface area contributed by atoms with Gasteiger partial charge in [0.1, 0.15) is 0 Å². The van der Waals surface area contributed by atoms with E-state index in [0.717, 1.165) is 12.8 Å². The van der Waals surface area contributed by atoms with E-state index >= 15 is 0 Å². The average molecular weight is 327 g/mol. The van der Waals surface area contributed by atoms with Crippen molar-refractivity contribution in [3.05, 3.63) is 0 Å². The first-order valence-corrected chi connectivity index (χ1v) is 9.78. The Morgan fingerprint density at radius 2 is 1.26 bits per heavy atom. The van der Waals surface area contributed by atoms with E-state index in [1.165, 1.54) is 0 Å². The van der Waals surface area contributed by atoms with E-state index in [-0.39, 0.29) is 18.5 Å². The summed E-state index contributed by atoms with van der Waals surface area (Å²) in [7, 11) is 0. The van der Waals surface area contributed by atoms with Gasteiger partial charge in [-0.25, -0.2) is 0 Å². The Balaban J connectivity index is 2.11. The Bertz CT molecular complexity index is 368. The summed E-state index contributed by atoms with van der Waals surface area (Å²) >= 11 is 0. The predicted octanol–water partition coefficient (Wildman–Crippen LogP) is 4.88. The zero-order chi connectivity index (χ0) is 17.3. The zero-order valence-electron chi connectivity index (χ0n) is 16.4. The summed E-state index contributed by atoms with van der Waals surface area (Å²) in [5.74, 6) is 2.65. The quantitative estimate of drug-likeness (QED) is 0.736. The van der Waals surface area contributed by atoms with Crippen LogP contribution >= 0.6 is 0 Å². The van der Waals surface area contributed by atoms with E-state index < -0.39 is 0 Å². The van der Waals surface area contributed by atoms with Gasteiger partial charge in [-0.05, 0) is 43.4 Å². The van der Waals surface area contributed by atoms with Crippen molar-refractivity contribution in [1.82, 2.24) is 0 Å². The molecule has 0 bridgehead atoms. The summed E-state index contributed by atoms with van der Waals surface area (Å²) < 4.78 is 19.2. The Kier molecular flexibility index (Phi) is 6.55. The highest BCUT2D eigenvalue weighted by Crippen LogP contribution is 2.40. The van der Waals surface area contributed by atoms with Gasteiger partial charge in [-0.15, -0.1) is 0 Å². The lowest BCUT2D eigenvalue weighted by molar-refractivity contribution is -0.299. The third-order valence-electron chi connectivity index (χ3n) is 6.92. The fourth-order valence-corrected chi connectivity index (χ4v) is 4.35. The van der Waals surface area contributed by atoms with Crippen LogP contribution in [-0.4, -0.2) is 30.7 Å². The fourth-order valence-electron chi connectivity index (χ4n) is 4.35. The Morgan fingerprint density at radius 3 is 1.83 bits per heavy atom. The molecule has 2 aliphatic rings. The van der Waals surface area contributed by atoms with Gasteiger partial charge in [0.15, 0.2) is 6.29 Å². The molecule has 2 saturated heterocycles. The summed E-state index contributed by atoms with van der Waals surface area (Å²) in [6.45, 7) is 18.1. The van der Waals surface area contributed by atoms with Gasteiger partial charge in [-0.3, -0.25) is 0 Å². The number of rotatable bonds is 4. The third kappa shape index (κ3) is 3.77. The van der Waals surface area contributed by atoms with Gasteiger partial charge in [-0.2, -0.15) is 0 Å². The fraction of sp³-hybridized carbons (Fsp3) is 1.00. The minimum Gasteiger partial charge on any atom is -0.372 e. The van der Waals surface area contributed by atoms with E-state index in [0.29, 0.717) is 41.8 Å². The van der Waals surface area contributed by atoms with Crippen molar-refractivity contribution >= 4 is 0 Å². The molecule has 10 atom stereocenters. The second-order valence-electron chi connectivity index (χ2n) is 8.14. The first-order valence-electron chi connectivity index (χ1n) is 9.78. The van der Waals surface area contributed by atoms with Gasteiger partial charge in [0.05, 0.1) is 24.4 Å². The second kappa shape index (κ2) is 7.84. The zero-order valence-corrected chi connectivity index (χ0v) is 16.4. The molecule has 0 spiro atoms. The molecule has 23 heavy (non-hydrogen) atoms. The molecule has 2 rings (SSSR count). The lowest BCUT2D eigenvalue weighted by Crippen LogP contribution is -2.54. The molecular weight excluding hydrogens is 288 g/mol. The lowest BCUT2D eigenvalue weighted by atomic mass is 9.77. The van der Waals surface area contributed by atoms with Crippen LogP contribution in [0.2, 0.25) is 0 Å². The minimum absolute atomic E-state index is 0.100. The van der Waals surface area contributed by atoms with E-state index in [9.17, 15) is 0 Å². The maximum Gasteiger partial charge on any atom is 0.161 e. The average Bonchev–Trinajstić information content (AvgIpc) is 2.55. The molecule has 0 amide bonds. The van der Waals surface area contributed by atoms with Crippen molar-refractivity contribution in [2.75, 3.05) is 0 Å². The second-order valence-corrected chi connectivity index (χ2v) is 8.14. The molecule has 0 aromatic heterocycles. The highest BCUT2D eigenvalue weighted by molar-refractivity contribution is 4.89. The number of hydrogen-bond donors (Lipinski definition) is 0. The molecule has 0 radical (unpaired) electrons. The first kappa shape index (κ1) is 19.2. The van der Waals surface area contributed by atoms with Crippen LogP contribution in [0.3, 0.4) is 0 Å². The molecule has 3 nitrogen and oxygen atoms in total. The molecule has 0 aromatic rings. The summed E-state index contributed by atoms with van der Waals surface area (Å²) in [4.78, 5) is 0. The number of ether oxygens (including phenoxy) is 3. The molecule has 3 heteroatoms. The van der Waals surface area contributed by atoms with Crippen LogP contribution in [0, 0.1) is 29.6 Å². The molecule has 0 aliphatic carbocycles. The van der Waals surface area contributed by atoms with Gasteiger partial charge < -0.3 is 14.2 Å². The topological polar surface area (TPSA) is 27.7 Å². The maximum atomic E-state index is 6.58. The van der Waals surface area contributed by atoms with E-state index in [1.54, 1.807) is 0 Å². The van der Waals surface area contributed by atoms with E-state index in [4.69, 9.17) is 14.2 Å². The van der Waals surface area contributed by atoms with Gasteiger partial charge in [0.2, 0.25) is 0 Å². The monoisotopic (exact) mass is 326 g/mol. The highest BCUT2D eigenvalue weighted by Gasteiger charge is 2.45. The van der Waals surface area contributed by atoms with Crippen LogP contribution in [-0.2, 0) is 14.2 Å². The van der Waals surface area contributed by atoms with Crippen LogP contribution < -0.4 is 0 Å². The maximum absolute atomic E-state index is 6.58. The van der Waals surface area contributed by atoms with Crippen molar-refractivity contribution < 1.29 is 14.2 Å². The van der Waals surface area contributed by atoms with Crippen LogP contribution in [0.15, 0.2) is 0 Å². The van der Waals surface area contributed by atoms with Crippen LogP contribution in [0.5, 0.6) is 0 Å². The molecule has 0 N–H and O–H groups in total. The van der Waals surface area contributed by atoms with Gasteiger partial charge in [-0.1, -0.05) is 48.5 Å². The molecule has 5 unspecified atom stereocenters. The van der Waals surface area contributed by atoms with Crippen LogP contribution in [0.25, 0.3) is 0 Å². The van der Waals surface area contributed by atoms with Crippen LogP contribution in [0.4, 0.5) is 0 Å². The molecular formula is C20H38O3. The summed E-state index contributed by atoms with van der Waals surface area (Å²) in [6, 6.07) is 0. The lowest BCUT2D eigenvalue weighted by Gasteiger charge is -2.48. The molecule has 136 valence electrons. The molecule has 2 aliphatic heterocycles. The van der Waals surface area contributed by atoms with Crippen molar-refractivity contribution in [2.45, 2.75) is 98.9 Å². The Hall–Kier alpha value is -0.120. The summed E-state index contributed by atoms with van der Waals surface area (Å²) in [6.07, 6.45) is 2.88. The Morgan fingerprint density at radius 1 is 0.652 bits per heavy atom. The van der Waals surface area contributed by atoms with Crippen LogP contribution in [0.1, 0.15) is 68.2 Å². The SMILES string of the molecule is CCC1O[C@@H](O[C@H]2C(CC)OC(C)C(C)[C@H]2C)C(C)[C@H](C)[C@H]1C. The van der Waals surface area contributed by atoms with Crippen molar-refractivity contribution in [2.24, 2.45) is 29.6 Å². The summed E-state index contributed by atoms with van der Waals surface area (Å²) in [5, 5.41) is 0. The molecule has 0 aromatic carbocycles. The standard InChI is InChI=1S/C20H38O3/c1-9-17-13(5)11(3)15(7)20(22-17)23-19-14(6)12(4)16(8)21-18(19)10-2/h11-20H,9-10H2,1-8H3/t11-,12?,13-,14-,15?,16?,17?,18?,19-,20+/m1/s1. The van der Waals surface area contributed by atoms with Crippen molar-refractivity contribution in [3.63, 3.8) is 0 Å².